The van der Waals surface area contributed by atoms with Gasteiger partial charge in [0.2, 0.25) is 6.10 Å². The van der Waals surface area contributed by atoms with Gasteiger partial charge in [0.05, 0.1) is 0 Å². The molecule has 3 heteroatoms. The van der Waals surface area contributed by atoms with Crippen LogP contribution in [0.4, 0.5) is 0 Å². The van der Waals surface area contributed by atoms with Crippen LogP contribution in [0.5, 0.6) is 11.5 Å². The lowest BCUT2D eigenvalue weighted by Gasteiger charge is -2.25. The maximum absolute atomic E-state index is 6.92. The summed E-state index contributed by atoms with van der Waals surface area (Å²) in [6.07, 6.45) is -0.151. The average Bonchev–Trinajstić information content (AvgIpc) is 2.27. The van der Waals surface area contributed by atoms with E-state index in [0.29, 0.717) is 6.61 Å². The average molecular weight is 189 g/mol. The summed E-state index contributed by atoms with van der Waals surface area (Å²) in [5, 5.41) is 0. The van der Waals surface area contributed by atoms with Crippen molar-refractivity contribution in [3.63, 3.8) is 0 Å². The molecule has 1 aliphatic heterocycles. The Morgan fingerprint density at radius 3 is 2.86 bits per heavy atom. The number of benzene rings is 1. The van der Waals surface area contributed by atoms with E-state index in [-0.39, 0.29) is 12.1 Å². The molecule has 0 aromatic heterocycles. The largest absolute Gasteiger partial charge is 0.485 e. The summed E-state index contributed by atoms with van der Waals surface area (Å²) in [5.41, 5.74) is 0. The van der Waals surface area contributed by atoms with Gasteiger partial charge in [0.1, 0.15) is 6.61 Å². The van der Waals surface area contributed by atoms with Crippen molar-refractivity contribution in [2.45, 2.75) is 19.1 Å². The van der Waals surface area contributed by atoms with Crippen LogP contribution < -0.4 is 9.47 Å². The quantitative estimate of drug-likeness (QED) is 0.631. The zero-order chi connectivity index (χ0) is 9.97. The van der Waals surface area contributed by atoms with Crippen LogP contribution in [0, 0.1) is 6.57 Å². The van der Waals surface area contributed by atoms with Gasteiger partial charge in [0.15, 0.2) is 11.5 Å². The molecule has 0 saturated carbocycles. The van der Waals surface area contributed by atoms with Crippen LogP contribution in [0.15, 0.2) is 24.3 Å². The molecule has 1 heterocycles. The molecule has 0 N–H and O–H groups in total. The molecule has 2 rings (SSSR count). The van der Waals surface area contributed by atoms with Gasteiger partial charge in [0, 0.05) is 6.92 Å². The molecule has 1 aliphatic rings. The van der Waals surface area contributed by atoms with E-state index < -0.39 is 0 Å². The van der Waals surface area contributed by atoms with Crippen molar-refractivity contribution in [3.05, 3.63) is 35.7 Å². The molecule has 72 valence electrons. The van der Waals surface area contributed by atoms with Crippen molar-refractivity contribution in [1.29, 1.82) is 0 Å². The predicted octanol–water partition coefficient (Wildman–Crippen LogP) is 2.13. The van der Waals surface area contributed by atoms with Gasteiger partial charge in [-0.15, -0.1) is 0 Å². The van der Waals surface area contributed by atoms with Crippen LogP contribution >= 0.6 is 0 Å². The van der Waals surface area contributed by atoms with Gasteiger partial charge in [0.25, 0.3) is 6.04 Å². The van der Waals surface area contributed by atoms with Gasteiger partial charge in [-0.05, 0) is 12.1 Å². The molecular formula is C11H11NO2. The van der Waals surface area contributed by atoms with Crippen LogP contribution in [0.1, 0.15) is 6.92 Å². The number of ether oxygens (including phenoxy) is 2. The first kappa shape index (κ1) is 8.89. The van der Waals surface area contributed by atoms with Crippen molar-refractivity contribution < 1.29 is 9.47 Å². The summed E-state index contributed by atoms with van der Waals surface area (Å²) >= 11 is 0. The minimum Gasteiger partial charge on any atom is -0.485 e. The molecule has 0 fully saturated rings. The zero-order valence-electron chi connectivity index (χ0n) is 7.93. The molecule has 1 aromatic rings. The fourth-order valence-electron chi connectivity index (χ4n) is 1.36. The fourth-order valence-corrected chi connectivity index (χ4v) is 1.36. The highest BCUT2D eigenvalue weighted by atomic mass is 16.6. The van der Waals surface area contributed by atoms with Gasteiger partial charge in [-0.1, -0.05) is 12.1 Å². The number of nitrogens with zero attached hydrogens (tertiary/aromatic N) is 1. The van der Waals surface area contributed by atoms with Gasteiger partial charge in [-0.25, -0.2) is 6.57 Å². The Labute approximate surface area is 83.1 Å². The van der Waals surface area contributed by atoms with Crippen LogP contribution in [0.2, 0.25) is 0 Å². The monoisotopic (exact) mass is 189 g/mol. The minimum atomic E-state index is -0.164. The van der Waals surface area contributed by atoms with Crippen molar-refractivity contribution in [2.24, 2.45) is 0 Å². The third kappa shape index (κ3) is 1.51. The molecule has 0 spiro atoms. The molecule has 0 saturated heterocycles. The second kappa shape index (κ2) is 3.59. The maximum atomic E-state index is 6.92. The summed E-state index contributed by atoms with van der Waals surface area (Å²) in [5.74, 6) is 1.50. The molecular weight excluding hydrogens is 178 g/mol. The maximum Gasteiger partial charge on any atom is 0.260 e. The molecule has 14 heavy (non-hydrogen) atoms. The predicted molar refractivity (Wildman–Crippen MR) is 52.4 cm³/mol. The third-order valence-corrected chi connectivity index (χ3v) is 2.27. The standard InChI is InChI=1S/C11H11NO2/c1-8(12-2)11-7-13-9-5-3-4-6-10(9)14-11/h3-6,8,11H,7H2,1H3. The van der Waals surface area contributed by atoms with Crippen molar-refractivity contribution in [3.8, 4) is 11.5 Å². The molecule has 2 unspecified atom stereocenters. The summed E-state index contributed by atoms with van der Waals surface area (Å²) < 4.78 is 11.1. The Kier molecular flexibility index (Phi) is 2.28. The van der Waals surface area contributed by atoms with Crippen LogP contribution in [-0.4, -0.2) is 18.8 Å². The molecule has 0 bridgehead atoms. The Balaban J connectivity index is 2.18. The number of rotatable bonds is 1. The highest BCUT2D eigenvalue weighted by Crippen LogP contribution is 2.31. The van der Waals surface area contributed by atoms with Gasteiger partial charge >= 0.3 is 0 Å². The van der Waals surface area contributed by atoms with E-state index in [2.05, 4.69) is 4.85 Å². The summed E-state index contributed by atoms with van der Waals surface area (Å²) in [6.45, 7) is 9.22. The van der Waals surface area contributed by atoms with Crippen molar-refractivity contribution in [1.82, 2.24) is 0 Å². The summed E-state index contributed by atoms with van der Waals surface area (Å²) in [7, 11) is 0. The molecule has 1 aromatic carbocycles. The van der Waals surface area contributed by atoms with Gasteiger partial charge < -0.3 is 14.3 Å². The molecule has 0 amide bonds. The summed E-state index contributed by atoms with van der Waals surface area (Å²) in [4.78, 5) is 3.43. The lowest BCUT2D eigenvalue weighted by Crippen LogP contribution is -2.36. The van der Waals surface area contributed by atoms with E-state index in [1.54, 1.807) is 0 Å². The van der Waals surface area contributed by atoms with E-state index in [1.165, 1.54) is 0 Å². The lowest BCUT2D eigenvalue weighted by molar-refractivity contribution is 0.0842. The lowest BCUT2D eigenvalue weighted by atomic mass is 10.2. The Morgan fingerprint density at radius 1 is 1.43 bits per heavy atom. The second-order valence-electron chi connectivity index (χ2n) is 3.28. The van der Waals surface area contributed by atoms with E-state index >= 15 is 0 Å². The van der Waals surface area contributed by atoms with E-state index in [1.807, 2.05) is 31.2 Å². The van der Waals surface area contributed by atoms with E-state index in [0.717, 1.165) is 11.5 Å². The first-order valence-electron chi connectivity index (χ1n) is 4.56. The first-order chi connectivity index (χ1) is 6.81. The smallest absolute Gasteiger partial charge is 0.260 e. The molecule has 0 aliphatic carbocycles. The van der Waals surface area contributed by atoms with Crippen LogP contribution in [0.25, 0.3) is 4.85 Å². The summed E-state index contributed by atoms with van der Waals surface area (Å²) in [6, 6.07) is 7.36. The number of hydrogen-bond acceptors (Lipinski definition) is 2. The zero-order valence-corrected chi connectivity index (χ0v) is 7.93. The Morgan fingerprint density at radius 2 is 2.14 bits per heavy atom. The first-order valence-corrected chi connectivity index (χ1v) is 4.56. The highest BCUT2D eigenvalue weighted by molar-refractivity contribution is 5.40. The fraction of sp³-hybridized carbons (Fsp3) is 0.364. The number of hydrogen-bond donors (Lipinski definition) is 0. The highest BCUT2D eigenvalue weighted by Gasteiger charge is 2.29. The SMILES string of the molecule is [C-]#[N+]C(C)C1COc2ccccc2O1. The molecule has 0 radical (unpaired) electrons. The van der Waals surface area contributed by atoms with Crippen molar-refractivity contribution >= 4 is 0 Å². The van der Waals surface area contributed by atoms with E-state index in [4.69, 9.17) is 16.0 Å². The minimum absolute atomic E-state index is 0.151. The number of fused-ring (bicyclic) bond motifs is 1. The van der Waals surface area contributed by atoms with Gasteiger partial charge in [-0.3, -0.25) is 0 Å². The van der Waals surface area contributed by atoms with Crippen LogP contribution in [0.3, 0.4) is 0 Å². The van der Waals surface area contributed by atoms with Gasteiger partial charge in [-0.2, -0.15) is 0 Å². The molecule has 3 nitrogen and oxygen atoms in total. The number of para-hydroxylation sites is 2. The Hall–Kier alpha value is -1.69. The normalized spacial score (nSPS) is 21.0. The topological polar surface area (TPSA) is 22.8 Å². The van der Waals surface area contributed by atoms with E-state index in [9.17, 15) is 0 Å². The van der Waals surface area contributed by atoms with Crippen LogP contribution in [-0.2, 0) is 0 Å². The third-order valence-electron chi connectivity index (χ3n) is 2.27. The second-order valence-corrected chi connectivity index (χ2v) is 3.28. The molecule has 2 atom stereocenters. The Bertz CT molecular complexity index is 370. The van der Waals surface area contributed by atoms with Crippen molar-refractivity contribution in [2.75, 3.05) is 6.61 Å².